The van der Waals surface area contributed by atoms with Crippen LogP contribution in [0.2, 0.25) is 0 Å². The van der Waals surface area contributed by atoms with E-state index in [1.54, 1.807) is 6.92 Å². The van der Waals surface area contributed by atoms with Gasteiger partial charge in [-0.05, 0) is 27.7 Å². The van der Waals surface area contributed by atoms with E-state index in [1.807, 2.05) is 0 Å². The number of hydrogen-bond acceptors (Lipinski definition) is 4. The summed E-state index contributed by atoms with van der Waals surface area (Å²) in [4.78, 5) is 29.3. The minimum Gasteiger partial charge on any atom is -0.501 e. The van der Waals surface area contributed by atoms with Crippen LogP contribution in [0, 0.1) is 0 Å². The molecule has 0 heterocycles. The zero-order chi connectivity index (χ0) is 17.6. The van der Waals surface area contributed by atoms with Crippen molar-refractivity contribution in [2.75, 3.05) is 6.61 Å². The molecule has 0 saturated carbocycles. The van der Waals surface area contributed by atoms with Gasteiger partial charge in [-0.2, -0.15) is 0 Å². The smallest absolute Gasteiger partial charge is 0.334 e. The molecular weight excluding hydrogens is 280 g/mol. The first kappa shape index (κ1) is 23.5. The van der Waals surface area contributed by atoms with Crippen LogP contribution in [-0.4, -0.2) is 39.8 Å². The molecule has 0 aliphatic carbocycles. The molecule has 0 unspecified atom stereocenters. The quantitative estimate of drug-likeness (QED) is 0.526. The minimum absolute atomic E-state index is 0.176. The van der Waals surface area contributed by atoms with Crippen molar-refractivity contribution in [2.24, 2.45) is 0 Å². The summed E-state index contributed by atoms with van der Waals surface area (Å²) < 4.78 is 4.71. The molecule has 3 N–H and O–H groups in total. The highest BCUT2D eigenvalue weighted by Crippen LogP contribution is 1.91. The molecule has 0 spiro atoms. The maximum absolute atomic E-state index is 10.1. The van der Waals surface area contributed by atoms with Gasteiger partial charge in [0.05, 0.1) is 18.4 Å². The van der Waals surface area contributed by atoms with Gasteiger partial charge >= 0.3 is 17.9 Å². The number of carboxylic acids is 3. The fourth-order valence-electron chi connectivity index (χ4n) is 0.259. The molecule has 0 fully saturated rings. The highest BCUT2D eigenvalue weighted by Gasteiger charge is 1.97. The molecule has 0 aromatic rings. The van der Waals surface area contributed by atoms with E-state index in [0.29, 0.717) is 6.61 Å². The van der Waals surface area contributed by atoms with Crippen LogP contribution >= 0.6 is 0 Å². The minimum atomic E-state index is -0.941. The van der Waals surface area contributed by atoms with Gasteiger partial charge in [0.15, 0.2) is 0 Å². The van der Waals surface area contributed by atoms with Gasteiger partial charge in [0, 0.05) is 11.1 Å². The van der Waals surface area contributed by atoms with Crippen LogP contribution in [0.5, 0.6) is 0 Å². The lowest BCUT2D eigenvalue weighted by Gasteiger charge is -1.93. The van der Waals surface area contributed by atoms with Gasteiger partial charge in [0.1, 0.15) is 0 Å². The molecule has 0 aliphatic rings. The monoisotopic (exact) mass is 302 g/mol. The second kappa shape index (κ2) is 13.9. The van der Waals surface area contributed by atoms with Crippen LogP contribution in [0.4, 0.5) is 0 Å². The van der Waals surface area contributed by atoms with Gasteiger partial charge in [-0.15, -0.1) is 0 Å². The Morgan fingerprint density at radius 3 is 1.33 bits per heavy atom. The number of carbonyl (C=O) groups is 3. The highest BCUT2D eigenvalue weighted by molar-refractivity contribution is 5.85. The lowest BCUT2D eigenvalue weighted by Crippen LogP contribution is -1.96. The SMILES string of the molecule is C=C(C)C(=O)O.C=C(C)C(=O)O.CCOC=C(C)C(=O)O. The summed E-state index contributed by atoms with van der Waals surface area (Å²) in [6.07, 6.45) is 1.24. The summed E-state index contributed by atoms with van der Waals surface area (Å²) in [5.74, 6) is -2.81. The molecule has 0 saturated heterocycles. The van der Waals surface area contributed by atoms with Crippen molar-refractivity contribution in [3.63, 3.8) is 0 Å². The first-order valence-corrected chi connectivity index (χ1v) is 5.76. The molecule has 120 valence electrons. The Labute approximate surface area is 123 Å². The molecule has 0 aromatic carbocycles. The van der Waals surface area contributed by atoms with E-state index in [-0.39, 0.29) is 16.7 Å². The van der Waals surface area contributed by atoms with Crippen LogP contribution in [0.15, 0.2) is 36.1 Å². The van der Waals surface area contributed by atoms with Crippen molar-refractivity contribution in [2.45, 2.75) is 27.7 Å². The number of aliphatic carboxylic acids is 3. The Balaban J connectivity index is -0.000000240. The van der Waals surface area contributed by atoms with Crippen molar-refractivity contribution >= 4 is 17.9 Å². The van der Waals surface area contributed by atoms with Crippen molar-refractivity contribution in [3.8, 4) is 0 Å². The lowest BCUT2D eigenvalue weighted by atomic mass is 10.3. The summed E-state index contributed by atoms with van der Waals surface area (Å²) in [6.45, 7) is 13.0. The molecule has 0 aromatic heterocycles. The summed E-state index contributed by atoms with van der Waals surface area (Å²) >= 11 is 0. The van der Waals surface area contributed by atoms with E-state index in [0.717, 1.165) is 0 Å². The molecule has 0 bridgehead atoms. The van der Waals surface area contributed by atoms with E-state index in [1.165, 1.54) is 27.0 Å². The van der Waals surface area contributed by atoms with Crippen LogP contribution in [0.25, 0.3) is 0 Å². The fraction of sp³-hybridized carbons (Fsp3) is 0.357. The summed E-state index contributed by atoms with van der Waals surface area (Å²) in [7, 11) is 0. The standard InChI is InChI=1S/C6H10O3.2C4H6O2/c1-3-9-4-5(2)6(7)8;2*1-3(2)4(5)6/h4H,3H2,1-2H3,(H,7,8);2*1H2,2H3,(H,5,6). The van der Waals surface area contributed by atoms with Gasteiger partial charge < -0.3 is 20.1 Å². The van der Waals surface area contributed by atoms with Crippen molar-refractivity contribution in [1.29, 1.82) is 0 Å². The number of carboxylic acid groups (broad SMARTS) is 3. The molecule has 21 heavy (non-hydrogen) atoms. The van der Waals surface area contributed by atoms with Gasteiger partial charge in [0.25, 0.3) is 0 Å². The number of hydrogen-bond donors (Lipinski definition) is 3. The van der Waals surface area contributed by atoms with E-state index in [2.05, 4.69) is 13.2 Å². The zero-order valence-electron chi connectivity index (χ0n) is 12.7. The topological polar surface area (TPSA) is 121 Å². The maximum atomic E-state index is 10.1. The van der Waals surface area contributed by atoms with Gasteiger partial charge in [0.2, 0.25) is 0 Å². The van der Waals surface area contributed by atoms with E-state index in [4.69, 9.17) is 20.1 Å². The Hall–Kier alpha value is -2.57. The van der Waals surface area contributed by atoms with Crippen LogP contribution in [-0.2, 0) is 19.1 Å². The Kier molecular flexibility index (Phi) is 15.5. The van der Waals surface area contributed by atoms with Gasteiger partial charge in [-0.3, -0.25) is 0 Å². The molecule has 0 atom stereocenters. The van der Waals surface area contributed by atoms with Crippen molar-refractivity contribution in [1.82, 2.24) is 0 Å². The third-order valence-electron chi connectivity index (χ3n) is 1.49. The molecule has 7 nitrogen and oxygen atoms in total. The largest absolute Gasteiger partial charge is 0.501 e. The zero-order valence-corrected chi connectivity index (χ0v) is 12.7. The van der Waals surface area contributed by atoms with E-state index < -0.39 is 17.9 Å². The van der Waals surface area contributed by atoms with E-state index in [9.17, 15) is 14.4 Å². The normalized spacial score (nSPS) is 9.05. The average Bonchev–Trinajstić information content (AvgIpc) is 2.36. The van der Waals surface area contributed by atoms with Crippen molar-refractivity contribution in [3.05, 3.63) is 36.1 Å². The lowest BCUT2D eigenvalue weighted by molar-refractivity contribution is -0.133. The predicted octanol–water partition coefficient (Wildman–Crippen LogP) is 2.31. The average molecular weight is 302 g/mol. The third kappa shape index (κ3) is 23.0. The molecule has 0 amide bonds. The second-order valence-corrected chi connectivity index (χ2v) is 3.73. The number of rotatable bonds is 5. The Bertz CT molecular complexity index is 371. The molecule has 0 rings (SSSR count). The predicted molar refractivity (Wildman–Crippen MR) is 77.9 cm³/mol. The third-order valence-corrected chi connectivity index (χ3v) is 1.49. The van der Waals surface area contributed by atoms with Crippen molar-refractivity contribution < 1.29 is 34.4 Å². The van der Waals surface area contributed by atoms with Gasteiger partial charge in [-0.25, -0.2) is 14.4 Å². The highest BCUT2D eigenvalue weighted by atomic mass is 16.5. The molecular formula is C14H22O7. The number of ether oxygens (including phenoxy) is 1. The first-order valence-electron chi connectivity index (χ1n) is 5.76. The first-order chi connectivity index (χ1) is 9.47. The summed E-state index contributed by atoms with van der Waals surface area (Å²) in [5.41, 5.74) is 0.571. The summed E-state index contributed by atoms with van der Waals surface area (Å²) in [6, 6.07) is 0. The van der Waals surface area contributed by atoms with Gasteiger partial charge in [-0.1, -0.05) is 13.2 Å². The summed E-state index contributed by atoms with van der Waals surface area (Å²) in [5, 5.41) is 24.0. The maximum Gasteiger partial charge on any atom is 0.334 e. The molecule has 0 aliphatic heterocycles. The Morgan fingerprint density at radius 2 is 1.19 bits per heavy atom. The van der Waals surface area contributed by atoms with Crippen LogP contribution < -0.4 is 0 Å². The molecule has 0 radical (unpaired) electrons. The van der Waals surface area contributed by atoms with E-state index >= 15 is 0 Å². The van der Waals surface area contributed by atoms with Crippen LogP contribution in [0.1, 0.15) is 27.7 Å². The molecule has 7 heteroatoms. The fourth-order valence-corrected chi connectivity index (χ4v) is 0.259. The second-order valence-electron chi connectivity index (χ2n) is 3.73. The Morgan fingerprint density at radius 1 is 0.905 bits per heavy atom. The van der Waals surface area contributed by atoms with Crippen LogP contribution in [0.3, 0.4) is 0 Å².